The summed E-state index contributed by atoms with van der Waals surface area (Å²) in [6.45, 7) is 0. The van der Waals surface area contributed by atoms with Gasteiger partial charge in [-0.25, -0.2) is 0 Å². The van der Waals surface area contributed by atoms with Gasteiger partial charge in [-0.15, -0.1) is 11.3 Å². The van der Waals surface area contributed by atoms with E-state index in [0.29, 0.717) is 0 Å². The maximum absolute atomic E-state index is 6.63. The maximum Gasteiger partial charge on any atom is 0.143 e. The number of hydrogen-bond acceptors (Lipinski definition) is 3. The van der Waals surface area contributed by atoms with Crippen LogP contribution in [0.3, 0.4) is 0 Å². The molecule has 2 nitrogen and oxygen atoms in total. The van der Waals surface area contributed by atoms with Gasteiger partial charge in [0.2, 0.25) is 0 Å². The van der Waals surface area contributed by atoms with Crippen molar-refractivity contribution >= 4 is 92.1 Å². The van der Waals surface area contributed by atoms with E-state index in [2.05, 4.69) is 266 Å². The summed E-state index contributed by atoms with van der Waals surface area (Å²) in [5, 5.41) is 9.86. The highest BCUT2D eigenvalue weighted by atomic mass is 32.1. The van der Waals surface area contributed by atoms with Gasteiger partial charge in [0.1, 0.15) is 11.2 Å². The highest BCUT2D eigenvalue weighted by Gasteiger charge is 2.17. The lowest BCUT2D eigenvalue weighted by atomic mass is 9.97. The van der Waals surface area contributed by atoms with E-state index >= 15 is 0 Å². The van der Waals surface area contributed by atoms with Gasteiger partial charge >= 0.3 is 0 Å². The van der Waals surface area contributed by atoms with Crippen LogP contribution in [0.25, 0.3) is 119 Å². The van der Waals surface area contributed by atoms with Crippen LogP contribution in [0.4, 0.5) is 17.1 Å². The largest absolute Gasteiger partial charge is 0.455 e. The molecule has 14 aromatic rings. The molecule has 0 amide bonds. The molecule has 332 valence electrons. The van der Waals surface area contributed by atoms with Crippen LogP contribution in [0.15, 0.2) is 265 Å². The third kappa shape index (κ3) is 7.26. The molecule has 0 spiro atoms. The zero-order valence-corrected chi connectivity index (χ0v) is 39.4. The van der Waals surface area contributed by atoms with Gasteiger partial charge in [-0.3, -0.25) is 0 Å². The Kier molecular flexibility index (Phi) is 9.75. The van der Waals surface area contributed by atoms with E-state index in [0.717, 1.165) is 61.3 Å². The van der Waals surface area contributed by atoms with Crippen molar-refractivity contribution in [2.75, 3.05) is 4.90 Å². The summed E-state index contributed by atoms with van der Waals surface area (Å²) >= 11 is 1.89. The third-order valence-electron chi connectivity index (χ3n) is 14.2. The van der Waals surface area contributed by atoms with Crippen LogP contribution in [0, 0.1) is 0 Å². The summed E-state index contributed by atoms with van der Waals surface area (Å²) < 4.78 is 9.28. The summed E-state index contributed by atoms with van der Waals surface area (Å²) in [5.41, 5.74) is 16.8. The molecule has 0 unspecified atom stereocenters. The Hall–Kier alpha value is -9.02. The lowest BCUT2D eigenvalue weighted by Gasteiger charge is -2.26. The molecule has 2 heterocycles. The van der Waals surface area contributed by atoms with Crippen LogP contribution >= 0.6 is 11.3 Å². The SMILES string of the molecule is c1ccc(-c2ccc(N(c3ccc(-c4cccc(-c5cccc6c5oc5cc7ccccc7cc56)c4)cc3)c3ccc(-c4cccc(-c5cccc6c5sc5cc7ccccc7cc56)c4)cc3)cc2)cc1. The molecule has 0 N–H and O–H groups in total. The van der Waals surface area contributed by atoms with Gasteiger partial charge in [-0.05, 0) is 144 Å². The van der Waals surface area contributed by atoms with Gasteiger partial charge < -0.3 is 9.32 Å². The van der Waals surface area contributed by atoms with Crippen molar-refractivity contribution in [2.45, 2.75) is 0 Å². The lowest BCUT2D eigenvalue weighted by Crippen LogP contribution is -2.09. The van der Waals surface area contributed by atoms with Gasteiger partial charge in [0.05, 0.1) is 0 Å². The third-order valence-corrected chi connectivity index (χ3v) is 15.4. The molecule has 0 atom stereocenters. The summed E-state index contributed by atoms with van der Waals surface area (Å²) in [4.78, 5) is 2.35. The highest BCUT2D eigenvalue weighted by Crippen LogP contribution is 2.44. The molecule has 0 aliphatic carbocycles. The van der Waals surface area contributed by atoms with E-state index in [-0.39, 0.29) is 0 Å². The van der Waals surface area contributed by atoms with Crippen molar-refractivity contribution in [1.82, 2.24) is 0 Å². The predicted molar refractivity (Wildman–Crippen MR) is 303 cm³/mol. The molecule has 0 bridgehead atoms. The van der Waals surface area contributed by atoms with Gasteiger partial charge in [-0.1, -0.05) is 188 Å². The molecule has 3 heteroatoms. The number of hydrogen-bond donors (Lipinski definition) is 0. The quantitative estimate of drug-likeness (QED) is 0.151. The lowest BCUT2D eigenvalue weighted by molar-refractivity contribution is 0.670. The number of thiophene rings is 1. The second kappa shape index (κ2) is 16.9. The molecule has 0 saturated carbocycles. The van der Waals surface area contributed by atoms with Crippen LogP contribution in [0.2, 0.25) is 0 Å². The van der Waals surface area contributed by atoms with Crippen LogP contribution in [-0.2, 0) is 0 Å². The summed E-state index contributed by atoms with van der Waals surface area (Å²) in [6, 6.07) is 94.8. The van der Waals surface area contributed by atoms with E-state index in [9.17, 15) is 0 Å². The number of anilines is 3. The molecule has 0 fully saturated rings. The molecular weight excluding hydrogens is 879 g/mol. The van der Waals surface area contributed by atoms with Crippen molar-refractivity contribution in [3.63, 3.8) is 0 Å². The minimum absolute atomic E-state index is 0.909. The first-order valence-electron chi connectivity index (χ1n) is 24.2. The van der Waals surface area contributed by atoms with Crippen LogP contribution in [-0.4, -0.2) is 0 Å². The smallest absolute Gasteiger partial charge is 0.143 e. The molecule has 14 rings (SSSR count). The van der Waals surface area contributed by atoms with Gasteiger partial charge in [0.25, 0.3) is 0 Å². The average Bonchev–Trinajstić information content (AvgIpc) is 4.00. The van der Waals surface area contributed by atoms with Crippen LogP contribution < -0.4 is 4.90 Å². The fourth-order valence-corrected chi connectivity index (χ4v) is 11.9. The number of benzene rings is 12. The standard InChI is InChI=1S/C68H43NOS/c1-2-12-44(13-3-1)45-26-32-56(33-27-45)69(57-34-28-46(29-35-57)48-18-8-20-54(38-48)59-22-10-24-61-63-40-50-14-4-6-16-52(50)42-65(63)70-67(59)61)58-36-30-47(31-37-58)49-19-9-21-55(39-49)60-23-11-25-62-64-41-51-15-5-7-17-53(51)43-66(64)71-68(60)62/h1-43H. The highest BCUT2D eigenvalue weighted by molar-refractivity contribution is 7.26. The van der Waals surface area contributed by atoms with Crippen molar-refractivity contribution in [1.29, 1.82) is 0 Å². The Morgan fingerprint density at radius 3 is 1.32 bits per heavy atom. The van der Waals surface area contributed by atoms with E-state index in [1.807, 2.05) is 11.3 Å². The molecule has 0 aliphatic heterocycles. The van der Waals surface area contributed by atoms with Crippen molar-refractivity contribution in [2.24, 2.45) is 0 Å². The Balaban J connectivity index is 0.800. The molecule has 0 radical (unpaired) electrons. The van der Waals surface area contributed by atoms with E-state index in [4.69, 9.17) is 4.42 Å². The number of rotatable bonds is 8. The zero-order valence-electron chi connectivity index (χ0n) is 38.6. The minimum atomic E-state index is 0.909. The monoisotopic (exact) mass is 921 g/mol. The van der Waals surface area contributed by atoms with Crippen molar-refractivity contribution in [3.8, 4) is 55.6 Å². The molecule has 0 aliphatic rings. The average molecular weight is 922 g/mol. The second-order valence-electron chi connectivity index (χ2n) is 18.5. The summed E-state index contributed by atoms with van der Waals surface area (Å²) in [7, 11) is 0. The van der Waals surface area contributed by atoms with Crippen LogP contribution in [0.1, 0.15) is 0 Å². The maximum atomic E-state index is 6.63. The fourth-order valence-electron chi connectivity index (χ4n) is 10.6. The van der Waals surface area contributed by atoms with E-state index in [1.165, 1.54) is 75.1 Å². The van der Waals surface area contributed by atoms with Gasteiger partial charge in [0.15, 0.2) is 0 Å². The number of nitrogens with zero attached hydrogens (tertiary/aromatic N) is 1. The van der Waals surface area contributed by atoms with Gasteiger partial charge in [0, 0.05) is 53.6 Å². The van der Waals surface area contributed by atoms with E-state index in [1.54, 1.807) is 0 Å². The number of furan rings is 1. The zero-order chi connectivity index (χ0) is 46.8. The molecule has 0 saturated heterocycles. The molecule has 71 heavy (non-hydrogen) atoms. The summed E-state index contributed by atoms with van der Waals surface area (Å²) in [6.07, 6.45) is 0. The van der Waals surface area contributed by atoms with E-state index < -0.39 is 0 Å². The first-order chi connectivity index (χ1) is 35.1. The van der Waals surface area contributed by atoms with Crippen molar-refractivity contribution in [3.05, 3.63) is 261 Å². The Bertz CT molecular complexity index is 4080. The normalized spacial score (nSPS) is 11.7. The molecule has 12 aromatic carbocycles. The topological polar surface area (TPSA) is 16.4 Å². The fraction of sp³-hybridized carbons (Fsp3) is 0. The molecular formula is C68H43NOS. The van der Waals surface area contributed by atoms with Gasteiger partial charge in [-0.2, -0.15) is 0 Å². The Morgan fingerprint density at radius 2 is 0.718 bits per heavy atom. The predicted octanol–water partition coefficient (Wildman–Crippen LogP) is 20.1. The first-order valence-corrected chi connectivity index (χ1v) is 25.0. The second-order valence-corrected chi connectivity index (χ2v) is 19.5. The first kappa shape index (κ1) is 41.0. The molecule has 2 aromatic heterocycles. The van der Waals surface area contributed by atoms with Crippen LogP contribution in [0.5, 0.6) is 0 Å². The van der Waals surface area contributed by atoms with Crippen molar-refractivity contribution < 1.29 is 4.42 Å². The Morgan fingerprint density at radius 1 is 0.282 bits per heavy atom. The number of fused-ring (bicyclic) bond motifs is 8. The summed E-state index contributed by atoms with van der Waals surface area (Å²) in [5.74, 6) is 0. The minimum Gasteiger partial charge on any atom is -0.455 e. The Labute approximate surface area is 415 Å². The number of para-hydroxylation sites is 1.